The number of hydrogen-bond donors (Lipinski definition) is 0. The average Bonchev–Trinajstić information content (AvgIpc) is 3.31. The van der Waals surface area contributed by atoms with Crippen LogP contribution in [-0.4, -0.2) is 35.7 Å². The SMILES string of the molecule is C=C(C)C(=O)OC1C2CC3C1OC(=O)C3C2C(=O)OC1(C(C)(C)C)CCCC1. The number of esters is 3. The third kappa shape index (κ3) is 2.71. The number of ether oxygens (including phenoxy) is 3. The largest absolute Gasteiger partial charge is 0.458 e. The van der Waals surface area contributed by atoms with Gasteiger partial charge in [-0.3, -0.25) is 9.59 Å². The molecule has 6 heteroatoms. The van der Waals surface area contributed by atoms with Crippen LogP contribution in [0.25, 0.3) is 0 Å². The molecule has 1 saturated heterocycles. The maximum Gasteiger partial charge on any atom is 0.333 e. The van der Waals surface area contributed by atoms with Crippen LogP contribution in [-0.2, 0) is 28.6 Å². The van der Waals surface area contributed by atoms with Crippen molar-refractivity contribution in [2.75, 3.05) is 0 Å². The molecule has 0 aromatic rings. The molecular formula is C22H30O6. The minimum absolute atomic E-state index is 0.0767. The topological polar surface area (TPSA) is 78.9 Å². The lowest BCUT2D eigenvalue weighted by atomic mass is 9.74. The predicted molar refractivity (Wildman–Crippen MR) is 99.9 cm³/mol. The van der Waals surface area contributed by atoms with E-state index in [4.69, 9.17) is 14.2 Å². The van der Waals surface area contributed by atoms with Gasteiger partial charge in [-0.15, -0.1) is 0 Å². The van der Waals surface area contributed by atoms with Gasteiger partial charge in [0.2, 0.25) is 0 Å². The third-order valence-corrected chi connectivity index (χ3v) is 7.48. The van der Waals surface area contributed by atoms with Crippen molar-refractivity contribution in [2.24, 2.45) is 29.1 Å². The second-order valence-corrected chi connectivity index (χ2v) is 10.0. The third-order valence-electron chi connectivity index (χ3n) is 7.48. The first kappa shape index (κ1) is 19.5. The Hall–Kier alpha value is -1.85. The fourth-order valence-corrected chi connectivity index (χ4v) is 5.90. The van der Waals surface area contributed by atoms with Crippen LogP contribution in [0.2, 0.25) is 0 Å². The molecule has 6 unspecified atom stereocenters. The summed E-state index contributed by atoms with van der Waals surface area (Å²) in [6, 6.07) is 0. The number of carbonyl (C=O) groups excluding carboxylic acids is 3. The van der Waals surface area contributed by atoms with Crippen LogP contribution in [0.1, 0.15) is 59.8 Å². The van der Waals surface area contributed by atoms with Crippen LogP contribution < -0.4 is 0 Å². The van der Waals surface area contributed by atoms with Gasteiger partial charge in [0.15, 0.2) is 0 Å². The van der Waals surface area contributed by atoms with Gasteiger partial charge in [-0.25, -0.2) is 4.79 Å². The zero-order valence-electron chi connectivity index (χ0n) is 17.2. The fraction of sp³-hybridized carbons (Fsp3) is 0.773. The van der Waals surface area contributed by atoms with Gasteiger partial charge in [-0.2, -0.15) is 0 Å². The molecule has 6 atom stereocenters. The minimum atomic E-state index is -0.598. The monoisotopic (exact) mass is 390 g/mol. The van der Waals surface area contributed by atoms with Crippen LogP contribution >= 0.6 is 0 Å². The van der Waals surface area contributed by atoms with E-state index < -0.39 is 35.6 Å². The van der Waals surface area contributed by atoms with Crippen LogP contribution in [0.15, 0.2) is 12.2 Å². The highest BCUT2D eigenvalue weighted by molar-refractivity contribution is 5.88. The average molecular weight is 390 g/mol. The summed E-state index contributed by atoms with van der Waals surface area (Å²) in [5.74, 6) is -2.58. The van der Waals surface area contributed by atoms with E-state index in [1.807, 2.05) is 0 Å². The molecule has 28 heavy (non-hydrogen) atoms. The molecule has 0 aromatic carbocycles. The first-order chi connectivity index (χ1) is 13.1. The first-order valence-electron chi connectivity index (χ1n) is 10.4. The van der Waals surface area contributed by atoms with Crippen molar-refractivity contribution < 1.29 is 28.6 Å². The van der Waals surface area contributed by atoms with E-state index in [-0.39, 0.29) is 29.2 Å². The van der Waals surface area contributed by atoms with E-state index in [0.717, 1.165) is 25.7 Å². The number of fused-ring (bicyclic) bond motifs is 1. The smallest absolute Gasteiger partial charge is 0.333 e. The molecule has 0 amide bonds. The standard InChI is InChI=1S/C22H30O6/c1-11(2)18(23)26-16-13-10-12-14(19(24)27-17(12)16)15(13)20(25)28-22(21(3,4)5)8-6-7-9-22/h12-17H,1,6-10H2,2-5H3. The molecule has 154 valence electrons. The number of carbonyl (C=O) groups is 3. The van der Waals surface area contributed by atoms with Gasteiger partial charge in [0.1, 0.15) is 17.8 Å². The summed E-state index contributed by atoms with van der Waals surface area (Å²) >= 11 is 0. The van der Waals surface area contributed by atoms with Gasteiger partial charge in [0.25, 0.3) is 0 Å². The zero-order valence-corrected chi connectivity index (χ0v) is 17.2. The molecule has 1 aliphatic heterocycles. The summed E-state index contributed by atoms with van der Waals surface area (Å²) in [5, 5.41) is 0. The molecule has 3 saturated carbocycles. The van der Waals surface area contributed by atoms with E-state index in [1.54, 1.807) is 6.92 Å². The van der Waals surface area contributed by atoms with Crippen LogP contribution in [0.4, 0.5) is 0 Å². The Morgan fingerprint density at radius 3 is 2.39 bits per heavy atom. The van der Waals surface area contributed by atoms with Gasteiger partial charge in [0.05, 0.1) is 11.8 Å². The molecule has 3 aliphatic carbocycles. The Morgan fingerprint density at radius 2 is 1.82 bits per heavy atom. The van der Waals surface area contributed by atoms with Crippen LogP contribution in [0.5, 0.6) is 0 Å². The summed E-state index contributed by atoms with van der Waals surface area (Å²) in [6.07, 6.45) is 3.37. The molecule has 6 nitrogen and oxygen atoms in total. The van der Waals surface area contributed by atoms with Crippen molar-refractivity contribution in [3.8, 4) is 0 Å². The molecule has 4 aliphatic rings. The highest BCUT2D eigenvalue weighted by Crippen LogP contribution is 2.59. The van der Waals surface area contributed by atoms with Crippen molar-refractivity contribution in [1.29, 1.82) is 0 Å². The van der Waals surface area contributed by atoms with E-state index >= 15 is 0 Å². The fourth-order valence-electron chi connectivity index (χ4n) is 5.90. The summed E-state index contributed by atoms with van der Waals surface area (Å²) < 4.78 is 17.3. The second kappa shape index (κ2) is 6.33. The predicted octanol–water partition coefficient (Wildman–Crippen LogP) is 3.18. The lowest BCUT2D eigenvalue weighted by Gasteiger charge is -2.42. The Labute approximate surface area is 166 Å². The van der Waals surface area contributed by atoms with E-state index in [1.165, 1.54) is 0 Å². The molecule has 4 rings (SSSR count). The van der Waals surface area contributed by atoms with Crippen molar-refractivity contribution >= 4 is 17.9 Å². The zero-order chi connectivity index (χ0) is 20.4. The number of hydrogen-bond acceptors (Lipinski definition) is 6. The normalized spacial score (nSPS) is 37.6. The van der Waals surface area contributed by atoms with Crippen molar-refractivity contribution in [3.63, 3.8) is 0 Å². The summed E-state index contributed by atoms with van der Waals surface area (Å²) in [5.41, 5.74) is -0.389. The van der Waals surface area contributed by atoms with Crippen LogP contribution in [0, 0.1) is 29.1 Å². The Kier molecular flexibility index (Phi) is 4.40. The Balaban J connectivity index is 1.59. The van der Waals surface area contributed by atoms with Gasteiger partial charge >= 0.3 is 17.9 Å². The van der Waals surface area contributed by atoms with E-state index in [9.17, 15) is 14.4 Å². The lowest BCUT2D eigenvalue weighted by molar-refractivity contribution is -0.184. The quantitative estimate of drug-likeness (QED) is 0.417. The minimum Gasteiger partial charge on any atom is -0.458 e. The van der Waals surface area contributed by atoms with Gasteiger partial charge in [0, 0.05) is 22.8 Å². The second-order valence-electron chi connectivity index (χ2n) is 10.0. The van der Waals surface area contributed by atoms with Gasteiger partial charge in [-0.1, -0.05) is 27.4 Å². The molecular weight excluding hydrogens is 360 g/mol. The van der Waals surface area contributed by atoms with Gasteiger partial charge < -0.3 is 14.2 Å². The van der Waals surface area contributed by atoms with E-state index in [0.29, 0.717) is 12.0 Å². The van der Waals surface area contributed by atoms with E-state index in [2.05, 4.69) is 27.4 Å². The summed E-state index contributed by atoms with van der Waals surface area (Å²) in [6.45, 7) is 11.5. The first-order valence-corrected chi connectivity index (χ1v) is 10.4. The molecule has 1 heterocycles. The maximum absolute atomic E-state index is 13.4. The van der Waals surface area contributed by atoms with Gasteiger partial charge in [-0.05, 0) is 39.0 Å². The van der Waals surface area contributed by atoms with Crippen molar-refractivity contribution in [1.82, 2.24) is 0 Å². The molecule has 0 N–H and O–H groups in total. The molecule has 0 aromatic heterocycles. The van der Waals surface area contributed by atoms with Crippen LogP contribution in [0.3, 0.4) is 0 Å². The maximum atomic E-state index is 13.4. The lowest BCUT2D eigenvalue weighted by Crippen LogP contribution is -2.49. The number of rotatable bonds is 4. The molecule has 4 fully saturated rings. The summed E-state index contributed by atoms with van der Waals surface area (Å²) in [4.78, 5) is 37.9. The Morgan fingerprint density at radius 1 is 1.18 bits per heavy atom. The highest BCUT2D eigenvalue weighted by Gasteiger charge is 2.70. The summed E-state index contributed by atoms with van der Waals surface area (Å²) in [7, 11) is 0. The molecule has 0 radical (unpaired) electrons. The van der Waals surface area contributed by atoms with Crippen molar-refractivity contribution in [3.05, 3.63) is 12.2 Å². The molecule has 0 spiro atoms. The van der Waals surface area contributed by atoms with Crippen molar-refractivity contribution in [2.45, 2.75) is 77.6 Å². The Bertz CT molecular complexity index is 726. The highest BCUT2D eigenvalue weighted by atomic mass is 16.6. The molecule has 2 bridgehead atoms.